The van der Waals surface area contributed by atoms with Gasteiger partial charge in [-0.05, 0) is 63.3 Å². The third-order valence-corrected chi connectivity index (χ3v) is 11.1. The fourth-order valence-electron chi connectivity index (χ4n) is 5.62. The molecule has 2 unspecified atom stereocenters. The van der Waals surface area contributed by atoms with Crippen LogP contribution in [0.15, 0.2) is 70.3 Å². The minimum absolute atomic E-state index is 0.0406. The van der Waals surface area contributed by atoms with E-state index in [9.17, 15) is 0 Å². The van der Waals surface area contributed by atoms with Crippen LogP contribution < -0.4 is 0 Å². The topological polar surface area (TPSA) is 24.7 Å². The number of rotatable bonds is 5. The molecule has 2 heteroatoms. The molecule has 1 aliphatic carbocycles. The third-order valence-electron chi connectivity index (χ3n) is 11.1. The maximum atomic E-state index is 4.45. The quantitative estimate of drug-likeness (QED) is 0.386. The first-order chi connectivity index (χ1) is 16.8. The second kappa shape index (κ2) is 9.37. The maximum Gasteiger partial charge on any atom is 0.114 e. The van der Waals surface area contributed by atoms with Crippen LogP contribution >= 0.6 is 0 Å². The summed E-state index contributed by atoms with van der Waals surface area (Å²) in [6, 6.07) is 7.07. The Hall–Kier alpha value is -2.48. The first kappa shape index (κ1) is 29.1. The van der Waals surface area contributed by atoms with E-state index in [0.29, 0.717) is 0 Å². The molecule has 2 atom stereocenters. The predicted octanol–water partition coefficient (Wildman–Crippen LogP) is 9.91. The fraction of sp³-hybridized carbons (Fsp3) is 0.543. The Morgan fingerprint density at radius 1 is 0.703 bits per heavy atom. The zero-order valence-corrected chi connectivity index (χ0v) is 25.7. The Labute approximate surface area is 227 Å². The average molecular weight is 499 g/mol. The average Bonchev–Trinajstić information content (AvgIpc) is 3.11. The zero-order chi connectivity index (χ0) is 28.1. The van der Waals surface area contributed by atoms with Crippen molar-refractivity contribution in [2.24, 2.45) is 37.1 Å². The van der Waals surface area contributed by atoms with Gasteiger partial charge in [-0.25, -0.2) is 9.98 Å². The molecule has 0 N–H and O–H groups in total. The molecule has 2 aliphatic rings. The Balaban J connectivity index is 2.03. The van der Waals surface area contributed by atoms with Gasteiger partial charge in [0.2, 0.25) is 0 Å². The molecule has 1 aliphatic heterocycles. The van der Waals surface area contributed by atoms with Crippen LogP contribution in [0.4, 0.5) is 0 Å². The molecule has 1 aromatic rings. The van der Waals surface area contributed by atoms with Gasteiger partial charge in [-0.3, -0.25) is 0 Å². The Kier molecular flexibility index (Phi) is 7.36. The van der Waals surface area contributed by atoms with Crippen LogP contribution in [0.5, 0.6) is 0 Å². The molecule has 0 bridgehead atoms. The predicted molar refractivity (Wildman–Crippen MR) is 164 cm³/mol. The highest BCUT2D eigenvalue weighted by molar-refractivity contribution is 5.81. The molecule has 0 spiro atoms. The van der Waals surface area contributed by atoms with E-state index >= 15 is 0 Å². The molecule has 2 nitrogen and oxygen atoms in total. The number of hydrogen-bond donors (Lipinski definition) is 0. The summed E-state index contributed by atoms with van der Waals surface area (Å²) in [4.78, 5) is 8.70. The largest absolute Gasteiger partial charge is 0.248 e. The summed E-state index contributed by atoms with van der Waals surface area (Å²) in [5.74, 6) is 0. The number of aryl methyl sites for hydroxylation is 1. The zero-order valence-electron chi connectivity index (χ0n) is 25.7. The molecule has 37 heavy (non-hydrogen) atoms. The second-order valence-corrected chi connectivity index (χ2v) is 14.3. The minimum atomic E-state index is -0.224. The molecule has 0 saturated carbocycles. The van der Waals surface area contributed by atoms with Gasteiger partial charge in [-0.2, -0.15) is 0 Å². The van der Waals surface area contributed by atoms with Gasteiger partial charge in [0, 0.05) is 23.2 Å². The summed E-state index contributed by atoms with van der Waals surface area (Å²) in [7, 11) is 0. The van der Waals surface area contributed by atoms with E-state index < -0.39 is 0 Å². The lowest BCUT2D eigenvalue weighted by Gasteiger charge is -2.51. The van der Waals surface area contributed by atoms with Gasteiger partial charge >= 0.3 is 0 Å². The van der Waals surface area contributed by atoms with E-state index in [1.807, 2.05) is 6.20 Å². The summed E-state index contributed by atoms with van der Waals surface area (Å²) in [5, 5.41) is 0. The van der Waals surface area contributed by atoms with Crippen molar-refractivity contribution in [3.05, 3.63) is 77.0 Å². The molecular weight excluding hydrogens is 448 g/mol. The summed E-state index contributed by atoms with van der Waals surface area (Å²) >= 11 is 0. The highest BCUT2D eigenvalue weighted by Gasteiger charge is 2.50. The van der Waals surface area contributed by atoms with E-state index in [1.165, 1.54) is 27.8 Å². The highest BCUT2D eigenvalue weighted by atomic mass is 14.9. The highest BCUT2D eigenvalue weighted by Crippen LogP contribution is 2.55. The first-order valence-corrected chi connectivity index (χ1v) is 13.8. The number of benzene rings is 1. The van der Waals surface area contributed by atoms with E-state index in [0.717, 1.165) is 0 Å². The summed E-state index contributed by atoms with van der Waals surface area (Å²) in [6.45, 7) is 30.4. The van der Waals surface area contributed by atoms with Gasteiger partial charge < -0.3 is 0 Å². The molecular formula is C35H50N2. The monoisotopic (exact) mass is 498 g/mol. The standard InChI is InChI=1S/C35H50N2/c1-25-16-18-34(12,32(8,9)30(3,4)5)19-17-29(25)28-15-14-27(22-26(28)2)31(6,7)33(10,11)35(13)20-21-36-24-37-23-35/h14-24H,1-13H3. The molecule has 0 saturated heterocycles. The van der Waals surface area contributed by atoms with E-state index in [2.05, 4.69) is 155 Å². The van der Waals surface area contributed by atoms with Crippen molar-refractivity contribution in [1.29, 1.82) is 0 Å². The summed E-state index contributed by atoms with van der Waals surface area (Å²) in [5.41, 5.74) is 6.37. The van der Waals surface area contributed by atoms with Gasteiger partial charge in [0.1, 0.15) is 6.34 Å². The van der Waals surface area contributed by atoms with E-state index in [1.54, 1.807) is 6.34 Å². The molecule has 3 rings (SSSR count). The molecule has 1 aromatic carbocycles. The minimum Gasteiger partial charge on any atom is -0.248 e. The van der Waals surface area contributed by atoms with Crippen molar-refractivity contribution in [3.8, 4) is 0 Å². The van der Waals surface area contributed by atoms with E-state index in [4.69, 9.17) is 0 Å². The van der Waals surface area contributed by atoms with Crippen molar-refractivity contribution in [1.82, 2.24) is 0 Å². The van der Waals surface area contributed by atoms with Crippen molar-refractivity contribution in [2.45, 2.75) is 95.4 Å². The maximum absolute atomic E-state index is 4.45. The fourth-order valence-corrected chi connectivity index (χ4v) is 5.62. The van der Waals surface area contributed by atoms with Crippen LogP contribution in [0.1, 0.15) is 99.8 Å². The molecule has 0 aromatic heterocycles. The lowest BCUT2D eigenvalue weighted by Crippen LogP contribution is -2.48. The molecule has 1 heterocycles. The van der Waals surface area contributed by atoms with Gasteiger partial charge in [0.25, 0.3) is 0 Å². The number of aliphatic imine (C=N–C) groups is 2. The molecule has 0 amide bonds. The lowest BCUT2D eigenvalue weighted by atomic mass is 9.52. The van der Waals surface area contributed by atoms with Crippen LogP contribution in [-0.4, -0.2) is 12.6 Å². The number of allylic oxidation sites excluding steroid dienone is 7. The summed E-state index contributed by atoms with van der Waals surface area (Å²) in [6.07, 6.45) is 17.3. The molecule has 200 valence electrons. The van der Waals surface area contributed by atoms with Gasteiger partial charge in [0.15, 0.2) is 0 Å². The normalized spacial score (nSPS) is 25.0. The number of hydrogen-bond acceptors (Lipinski definition) is 2. The van der Waals surface area contributed by atoms with Crippen LogP contribution in [-0.2, 0) is 5.41 Å². The Bertz CT molecular complexity index is 1200. The number of nitrogens with zero attached hydrogens (tertiary/aromatic N) is 2. The van der Waals surface area contributed by atoms with Crippen LogP contribution in [0.2, 0.25) is 0 Å². The first-order valence-electron chi connectivity index (χ1n) is 13.8. The molecule has 0 radical (unpaired) electrons. The van der Waals surface area contributed by atoms with Gasteiger partial charge in [-0.15, -0.1) is 0 Å². The molecule has 0 fully saturated rings. The second-order valence-electron chi connectivity index (χ2n) is 14.3. The summed E-state index contributed by atoms with van der Waals surface area (Å²) < 4.78 is 0. The lowest BCUT2D eigenvalue weighted by molar-refractivity contribution is 0.0439. The SMILES string of the molecule is CC1=C(c2ccc(C(C)(C)C(C)(C)C3(C)C=CN=CN=C3)cc2C)C=CC(C)(C(C)(C)C(C)(C)C)C=C1. The van der Waals surface area contributed by atoms with Gasteiger partial charge in [0.05, 0.1) is 0 Å². The van der Waals surface area contributed by atoms with Crippen molar-refractivity contribution < 1.29 is 0 Å². The van der Waals surface area contributed by atoms with Gasteiger partial charge in [-0.1, -0.05) is 125 Å². The third kappa shape index (κ3) is 4.77. The van der Waals surface area contributed by atoms with Crippen LogP contribution in [0.25, 0.3) is 5.57 Å². The van der Waals surface area contributed by atoms with Crippen LogP contribution in [0.3, 0.4) is 0 Å². The van der Waals surface area contributed by atoms with Crippen LogP contribution in [0, 0.1) is 34.0 Å². The smallest absolute Gasteiger partial charge is 0.114 e. The Morgan fingerprint density at radius 2 is 1.32 bits per heavy atom. The van der Waals surface area contributed by atoms with E-state index in [-0.39, 0.29) is 32.5 Å². The van der Waals surface area contributed by atoms with Crippen molar-refractivity contribution in [3.63, 3.8) is 0 Å². The van der Waals surface area contributed by atoms with Crippen molar-refractivity contribution in [2.75, 3.05) is 0 Å². The van der Waals surface area contributed by atoms with Crippen molar-refractivity contribution >= 4 is 18.1 Å². The Morgan fingerprint density at radius 3 is 1.92 bits per heavy atom.